The number of halogens is 2. The van der Waals surface area contributed by atoms with Gasteiger partial charge in [0, 0.05) is 6.04 Å². The average Bonchev–Trinajstić information content (AvgIpc) is 2.20. The summed E-state index contributed by atoms with van der Waals surface area (Å²) in [4.78, 5) is 0. The summed E-state index contributed by atoms with van der Waals surface area (Å²) in [6.45, 7) is 4.12. The number of rotatable bonds is 3. The van der Waals surface area contributed by atoms with Gasteiger partial charge in [-0.1, -0.05) is 37.9 Å². The van der Waals surface area contributed by atoms with Crippen molar-refractivity contribution in [3.63, 3.8) is 0 Å². The Morgan fingerprint density at radius 2 is 2.14 bits per heavy atom. The maximum Gasteiger partial charge on any atom is 0.142 e. The molecule has 0 fully saturated rings. The van der Waals surface area contributed by atoms with Crippen LogP contribution in [0.1, 0.15) is 31.9 Å². The second-order valence-corrected chi connectivity index (χ2v) is 3.99. The summed E-state index contributed by atoms with van der Waals surface area (Å²) in [5.74, 6) is -0.0569. The molecule has 0 aromatic heterocycles. The first-order chi connectivity index (χ1) is 6.56. The van der Waals surface area contributed by atoms with Gasteiger partial charge in [-0.25, -0.2) is 4.39 Å². The predicted octanol–water partition coefficient (Wildman–Crippen LogP) is 3.53. The fraction of sp³-hybridized carbons (Fsp3) is 0.455. The van der Waals surface area contributed by atoms with Crippen LogP contribution >= 0.6 is 11.6 Å². The molecule has 0 saturated carbocycles. The number of hydrogen-bond acceptors (Lipinski definition) is 1. The van der Waals surface area contributed by atoms with E-state index in [-0.39, 0.29) is 11.1 Å². The van der Waals surface area contributed by atoms with Crippen molar-refractivity contribution in [3.05, 3.63) is 34.6 Å². The molecule has 2 N–H and O–H groups in total. The Morgan fingerprint density at radius 3 is 2.64 bits per heavy atom. The minimum atomic E-state index is -0.400. The van der Waals surface area contributed by atoms with Crippen LogP contribution in [0, 0.1) is 11.7 Å². The summed E-state index contributed by atoms with van der Waals surface area (Å²) in [6.07, 6.45) is 0.978. The molecule has 1 rings (SSSR count). The zero-order chi connectivity index (χ0) is 10.7. The van der Waals surface area contributed by atoms with E-state index in [4.69, 9.17) is 17.3 Å². The number of nitrogens with two attached hydrogens (primary N) is 1. The molecule has 0 aliphatic carbocycles. The Kier molecular flexibility index (Phi) is 3.90. The Morgan fingerprint density at radius 1 is 1.50 bits per heavy atom. The lowest BCUT2D eigenvalue weighted by molar-refractivity contribution is 0.455. The highest BCUT2D eigenvalue weighted by Crippen LogP contribution is 2.24. The van der Waals surface area contributed by atoms with E-state index in [1.165, 1.54) is 6.07 Å². The molecular formula is C11H15ClFN. The zero-order valence-corrected chi connectivity index (χ0v) is 9.18. The predicted molar refractivity (Wildman–Crippen MR) is 57.8 cm³/mol. The first-order valence-corrected chi connectivity index (χ1v) is 5.14. The fourth-order valence-corrected chi connectivity index (χ4v) is 1.42. The monoisotopic (exact) mass is 215 g/mol. The van der Waals surface area contributed by atoms with Crippen LogP contribution in [0.4, 0.5) is 4.39 Å². The average molecular weight is 216 g/mol. The maximum atomic E-state index is 13.1. The highest BCUT2D eigenvalue weighted by molar-refractivity contribution is 6.30. The van der Waals surface area contributed by atoms with Crippen LogP contribution in [-0.2, 0) is 0 Å². The third kappa shape index (κ3) is 2.46. The Balaban J connectivity index is 2.91. The highest BCUT2D eigenvalue weighted by atomic mass is 35.5. The van der Waals surface area contributed by atoms with Crippen molar-refractivity contribution in [2.24, 2.45) is 11.7 Å². The molecule has 0 bridgehead atoms. The van der Waals surface area contributed by atoms with E-state index in [0.717, 1.165) is 12.0 Å². The number of benzene rings is 1. The molecule has 3 heteroatoms. The van der Waals surface area contributed by atoms with E-state index < -0.39 is 5.82 Å². The molecule has 14 heavy (non-hydrogen) atoms. The van der Waals surface area contributed by atoms with Crippen LogP contribution < -0.4 is 5.73 Å². The molecule has 1 aromatic rings. The topological polar surface area (TPSA) is 26.0 Å². The van der Waals surface area contributed by atoms with Crippen LogP contribution in [0.5, 0.6) is 0 Å². The fourth-order valence-electron chi connectivity index (χ4n) is 1.30. The molecular weight excluding hydrogens is 201 g/mol. The number of hydrogen-bond donors (Lipinski definition) is 1. The Bertz CT molecular complexity index is 314. The van der Waals surface area contributed by atoms with Gasteiger partial charge in [0.05, 0.1) is 5.02 Å². The molecule has 0 heterocycles. The van der Waals surface area contributed by atoms with E-state index in [2.05, 4.69) is 13.8 Å². The van der Waals surface area contributed by atoms with E-state index in [1.807, 2.05) is 0 Å². The van der Waals surface area contributed by atoms with E-state index >= 15 is 0 Å². The van der Waals surface area contributed by atoms with Crippen molar-refractivity contribution >= 4 is 11.6 Å². The maximum absolute atomic E-state index is 13.1. The van der Waals surface area contributed by atoms with Crippen LogP contribution in [0.3, 0.4) is 0 Å². The first kappa shape index (κ1) is 11.5. The van der Waals surface area contributed by atoms with Crippen molar-refractivity contribution in [2.75, 3.05) is 0 Å². The molecule has 0 aliphatic heterocycles. The minimum absolute atomic E-state index is 0.119. The van der Waals surface area contributed by atoms with Crippen molar-refractivity contribution in [3.8, 4) is 0 Å². The van der Waals surface area contributed by atoms with Gasteiger partial charge >= 0.3 is 0 Å². The van der Waals surface area contributed by atoms with Crippen LogP contribution in [-0.4, -0.2) is 0 Å². The highest BCUT2D eigenvalue weighted by Gasteiger charge is 2.14. The molecule has 1 nitrogen and oxygen atoms in total. The van der Waals surface area contributed by atoms with Gasteiger partial charge in [0.15, 0.2) is 0 Å². The summed E-state index contributed by atoms with van der Waals surface area (Å²) in [7, 11) is 0. The van der Waals surface area contributed by atoms with Crippen molar-refractivity contribution in [2.45, 2.75) is 26.3 Å². The van der Waals surface area contributed by atoms with Gasteiger partial charge in [0.2, 0.25) is 0 Å². The van der Waals surface area contributed by atoms with Crippen molar-refractivity contribution < 1.29 is 4.39 Å². The van der Waals surface area contributed by atoms with Gasteiger partial charge in [-0.15, -0.1) is 0 Å². The second-order valence-electron chi connectivity index (χ2n) is 3.58. The molecule has 78 valence electrons. The lowest BCUT2D eigenvalue weighted by Crippen LogP contribution is -2.18. The van der Waals surface area contributed by atoms with Crippen LogP contribution in [0.25, 0.3) is 0 Å². The summed E-state index contributed by atoms with van der Waals surface area (Å²) >= 11 is 5.58. The SMILES string of the molecule is CCC(C)[C@H](N)c1ccc(Cl)c(F)c1. The molecule has 0 radical (unpaired) electrons. The minimum Gasteiger partial charge on any atom is -0.324 e. The Hall–Kier alpha value is -0.600. The van der Waals surface area contributed by atoms with Crippen molar-refractivity contribution in [1.29, 1.82) is 0 Å². The van der Waals surface area contributed by atoms with Gasteiger partial charge in [-0.3, -0.25) is 0 Å². The molecule has 1 aromatic carbocycles. The second kappa shape index (κ2) is 4.76. The lowest BCUT2D eigenvalue weighted by atomic mass is 9.93. The van der Waals surface area contributed by atoms with Gasteiger partial charge in [0.25, 0.3) is 0 Å². The van der Waals surface area contributed by atoms with Gasteiger partial charge in [0.1, 0.15) is 5.82 Å². The molecule has 0 amide bonds. The summed E-state index contributed by atoms with van der Waals surface area (Å²) in [5.41, 5.74) is 6.76. The molecule has 0 spiro atoms. The van der Waals surface area contributed by atoms with Gasteiger partial charge < -0.3 is 5.73 Å². The standard InChI is InChI=1S/C11H15ClFN/c1-3-7(2)11(14)8-4-5-9(12)10(13)6-8/h4-7,11H,3,14H2,1-2H3/t7?,11-/m0/s1. The Labute approximate surface area is 89.1 Å². The third-order valence-electron chi connectivity index (χ3n) is 2.59. The van der Waals surface area contributed by atoms with Crippen LogP contribution in [0.2, 0.25) is 5.02 Å². The quantitative estimate of drug-likeness (QED) is 0.820. The third-order valence-corrected chi connectivity index (χ3v) is 2.89. The van der Waals surface area contributed by atoms with E-state index in [9.17, 15) is 4.39 Å². The lowest BCUT2D eigenvalue weighted by Gasteiger charge is -2.18. The first-order valence-electron chi connectivity index (χ1n) is 4.76. The summed E-state index contributed by atoms with van der Waals surface area (Å²) in [6, 6.07) is 4.63. The zero-order valence-electron chi connectivity index (χ0n) is 8.43. The van der Waals surface area contributed by atoms with Crippen LogP contribution in [0.15, 0.2) is 18.2 Å². The smallest absolute Gasteiger partial charge is 0.142 e. The van der Waals surface area contributed by atoms with E-state index in [0.29, 0.717) is 5.92 Å². The van der Waals surface area contributed by atoms with Gasteiger partial charge in [-0.05, 0) is 23.6 Å². The molecule has 0 saturated heterocycles. The molecule has 2 atom stereocenters. The van der Waals surface area contributed by atoms with E-state index in [1.54, 1.807) is 12.1 Å². The van der Waals surface area contributed by atoms with Crippen molar-refractivity contribution in [1.82, 2.24) is 0 Å². The normalized spacial score (nSPS) is 15.2. The largest absolute Gasteiger partial charge is 0.324 e. The summed E-state index contributed by atoms with van der Waals surface area (Å²) < 4.78 is 13.1. The summed E-state index contributed by atoms with van der Waals surface area (Å²) in [5, 5.41) is 0.144. The van der Waals surface area contributed by atoms with Gasteiger partial charge in [-0.2, -0.15) is 0 Å². The molecule has 1 unspecified atom stereocenters. The molecule has 0 aliphatic rings.